The van der Waals surface area contributed by atoms with E-state index in [1.807, 2.05) is 35.7 Å². The van der Waals surface area contributed by atoms with Crippen molar-refractivity contribution in [1.29, 1.82) is 0 Å². The van der Waals surface area contributed by atoms with Gasteiger partial charge in [-0.3, -0.25) is 4.79 Å². The van der Waals surface area contributed by atoms with Crippen molar-refractivity contribution in [1.82, 2.24) is 9.80 Å². The number of hydrogen-bond acceptors (Lipinski definition) is 7. The Bertz CT molecular complexity index is 1290. The highest BCUT2D eigenvalue weighted by Crippen LogP contribution is 2.29. The smallest absolute Gasteiger partial charge is 0.338 e. The van der Waals surface area contributed by atoms with E-state index < -0.39 is 5.97 Å². The maximum atomic E-state index is 13.6. The molecule has 1 aliphatic rings. The Morgan fingerprint density at radius 3 is 2.38 bits per heavy atom. The Balaban J connectivity index is 1.43. The van der Waals surface area contributed by atoms with Crippen molar-refractivity contribution in [3.63, 3.8) is 0 Å². The number of amides is 3. The van der Waals surface area contributed by atoms with Gasteiger partial charge in [-0.15, -0.1) is 11.3 Å². The fourth-order valence-corrected chi connectivity index (χ4v) is 5.00. The lowest BCUT2D eigenvalue weighted by Crippen LogP contribution is -2.45. The number of anilines is 1. The van der Waals surface area contributed by atoms with E-state index in [9.17, 15) is 14.4 Å². The summed E-state index contributed by atoms with van der Waals surface area (Å²) in [6, 6.07) is 15.9. The molecule has 4 rings (SSSR count). The standard InChI is InChI=1S/C30H35N3O6S/c1-4-39-29(35)22-8-10-23(11-9-22)31-30(36)33(24-12-13-24)20-28(34)32(19-25-6-5-17-40-25)16-15-21-7-14-26(37-2)27(18-21)38-3/h5-11,14,17-18,24H,4,12-13,15-16,19-20H2,1-3H3,(H,31,36). The molecule has 0 saturated heterocycles. The Morgan fingerprint density at radius 1 is 1.00 bits per heavy atom. The number of methoxy groups -OCH3 is 2. The molecule has 0 aliphatic heterocycles. The van der Waals surface area contributed by atoms with Crippen LogP contribution in [0.3, 0.4) is 0 Å². The number of nitrogens with zero attached hydrogens (tertiary/aromatic N) is 2. The van der Waals surface area contributed by atoms with Crippen molar-refractivity contribution in [3.05, 3.63) is 76.0 Å². The predicted octanol–water partition coefficient (Wildman–Crippen LogP) is 5.21. The molecular weight excluding hydrogens is 530 g/mol. The minimum absolute atomic E-state index is 0.0191. The molecule has 1 heterocycles. The summed E-state index contributed by atoms with van der Waals surface area (Å²) in [6.07, 6.45) is 2.35. The van der Waals surface area contributed by atoms with Gasteiger partial charge in [0.1, 0.15) is 6.54 Å². The van der Waals surface area contributed by atoms with Crippen LogP contribution in [0.1, 0.15) is 40.6 Å². The second kappa shape index (κ2) is 13.8. The molecule has 1 aliphatic carbocycles. The molecule has 40 heavy (non-hydrogen) atoms. The molecule has 3 aromatic rings. The van der Waals surface area contributed by atoms with Crippen LogP contribution >= 0.6 is 11.3 Å². The van der Waals surface area contributed by atoms with Gasteiger partial charge in [-0.1, -0.05) is 12.1 Å². The van der Waals surface area contributed by atoms with Crippen molar-refractivity contribution in [2.45, 2.75) is 38.8 Å². The largest absolute Gasteiger partial charge is 0.493 e. The average molecular weight is 566 g/mol. The van der Waals surface area contributed by atoms with Gasteiger partial charge in [0.25, 0.3) is 0 Å². The first-order chi connectivity index (χ1) is 19.4. The fourth-order valence-electron chi connectivity index (χ4n) is 4.28. The Kier molecular flexibility index (Phi) is 10.0. The fraction of sp³-hybridized carbons (Fsp3) is 0.367. The molecule has 212 valence electrons. The molecule has 1 aromatic heterocycles. The van der Waals surface area contributed by atoms with E-state index in [1.165, 1.54) is 0 Å². The van der Waals surface area contributed by atoms with E-state index in [4.69, 9.17) is 14.2 Å². The lowest BCUT2D eigenvalue weighted by molar-refractivity contribution is -0.132. The topological polar surface area (TPSA) is 97.4 Å². The summed E-state index contributed by atoms with van der Waals surface area (Å²) in [5.74, 6) is 0.764. The SMILES string of the molecule is CCOC(=O)c1ccc(NC(=O)N(CC(=O)N(CCc2ccc(OC)c(OC)c2)Cc2cccs2)C2CC2)cc1. The Hall–Kier alpha value is -4.05. The first-order valence-electron chi connectivity index (χ1n) is 13.3. The molecular formula is C30H35N3O6S. The van der Waals surface area contributed by atoms with Crippen LogP contribution in [0.5, 0.6) is 11.5 Å². The van der Waals surface area contributed by atoms with Gasteiger partial charge in [-0.2, -0.15) is 0 Å². The third kappa shape index (κ3) is 7.75. The van der Waals surface area contributed by atoms with Crippen LogP contribution in [0.25, 0.3) is 0 Å². The maximum absolute atomic E-state index is 13.6. The second-order valence-electron chi connectivity index (χ2n) is 9.42. The van der Waals surface area contributed by atoms with E-state index >= 15 is 0 Å². The summed E-state index contributed by atoms with van der Waals surface area (Å²) >= 11 is 1.60. The van der Waals surface area contributed by atoms with Crippen LogP contribution in [0.15, 0.2) is 60.0 Å². The van der Waals surface area contributed by atoms with Gasteiger partial charge in [0.05, 0.1) is 32.9 Å². The number of rotatable bonds is 13. The number of thiophene rings is 1. The van der Waals surface area contributed by atoms with Gasteiger partial charge < -0.3 is 29.3 Å². The van der Waals surface area contributed by atoms with E-state index in [0.717, 1.165) is 23.3 Å². The first-order valence-corrected chi connectivity index (χ1v) is 14.2. The summed E-state index contributed by atoms with van der Waals surface area (Å²) in [7, 11) is 3.19. The molecule has 0 spiro atoms. The van der Waals surface area contributed by atoms with Crippen LogP contribution in [-0.4, -0.2) is 67.7 Å². The van der Waals surface area contributed by atoms with Crippen molar-refractivity contribution in [3.8, 4) is 11.5 Å². The molecule has 3 amide bonds. The monoisotopic (exact) mass is 565 g/mol. The van der Waals surface area contributed by atoms with Crippen LogP contribution in [0.2, 0.25) is 0 Å². The number of urea groups is 1. The van der Waals surface area contributed by atoms with Crippen molar-refractivity contribution in [2.24, 2.45) is 0 Å². The van der Waals surface area contributed by atoms with Gasteiger partial charge in [0, 0.05) is 23.2 Å². The maximum Gasteiger partial charge on any atom is 0.338 e. The van der Waals surface area contributed by atoms with Crippen molar-refractivity contribution in [2.75, 3.05) is 39.2 Å². The quantitative estimate of drug-likeness (QED) is 0.286. The third-order valence-corrected chi connectivity index (χ3v) is 7.46. The number of carbonyl (C=O) groups is 3. The average Bonchev–Trinajstić information content (AvgIpc) is 3.68. The lowest BCUT2D eigenvalue weighted by atomic mass is 10.1. The number of ether oxygens (including phenoxy) is 3. The Labute approximate surface area is 238 Å². The molecule has 0 atom stereocenters. The number of esters is 1. The first kappa shape index (κ1) is 28.9. The normalized spacial score (nSPS) is 12.4. The summed E-state index contributed by atoms with van der Waals surface area (Å²) in [5.41, 5.74) is 1.97. The summed E-state index contributed by atoms with van der Waals surface area (Å²) < 4.78 is 15.8. The molecule has 0 radical (unpaired) electrons. The molecule has 1 saturated carbocycles. The van der Waals surface area contributed by atoms with Gasteiger partial charge in [0.15, 0.2) is 11.5 Å². The lowest BCUT2D eigenvalue weighted by Gasteiger charge is -2.28. The summed E-state index contributed by atoms with van der Waals surface area (Å²) in [5, 5.41) is 4.86. The molecule has 1 N–H and O–H groups in total. The molecule has 2 aromatic carbocycles. The summed E-state index contributed by atoms with van der Waals surface area (Å²) in [6.45, 7) is 2.98. The number of carbonyl (C=O) groups excluding carboxylic acids is 3. The van der Waals surface area contributed by atoms with E-state index in [2.05, 4.69) is 5.32 Å². The van der Waals surface area contributed by atoms with Gasteiger partial charge >= 0.3 is 12.0 Å². The molecule has 0 bridgehead atoms. The molecule has 10 heteroatoms. The third-order valence-electron chi connectivity index (χ3n) is 6.60. The van der Waals surface area contributed by atoms with Gasteiger partial charge in [-0.25, -0.2) is 9.59 Å². The zero-order chi connectivity index (χ0) is 28.5. The van der Waals surface area contributed by atoms with Crippen molar-refractivity contribution < 1.29 is 28.6 Å². The zero-order valence-electron chi connectivity index (χ0n) is 23.1. The summed E-state index contributed by atoms with van der Waals surface area (Å²) in [4.78, 5) is 43.2. The van der Waals surface area contributed by atoms with Crippen molar-refractivity contribution >= 4 is 34.9 Å². The van der Waals surface area contributed by atoms with E-state index in [1.54, 1.807) is 66.5 Å². The Morgan fingerprint density at radius 2 is 1.75 bits per heavy atom. The van der Waals surface area contributed by atoms with Gasteiger partial charge in [-0.05, 0) is 79.6 Å². The highest BCUT2D eigenvalue weighted by atomic mass is 32.1. The van der Waals surface area contributed by atoms with Gasteiger partial charge in [0.2, 0.25) is 5.91 Å². The zero-order valence-corrected chi connectivity index (χ0v) is 23.9. The van der Waals surface area contributed by atoms with E-state index in [-0.39, 0.29) is 24.5 Å². The molecule has 9 nitrogen and oxygen atoms in total. The molecule has 0 unspecified atom stereocenters. The predicted molar refractivity (Wildman–Crippen MR) is 154 cm³/mol. The highest BCUT2D eigenvalue weighted by molar-refractivity contribution is 7.09. The number of nitrogens with one attached hydrogen (secondary N) is 1. The van der Waals surface area contributed by atoms with Crippen LogP contribution in [-0.2, 0) is 22.5 Å². The van der Waals surface area contributed by atoms with Crippen LogP contribution < -0.4 is 14.8 Å². The minimum Gasteiger partial charge on any atom is -0.493 e. The van der Waals surface area contributed by atoms with Crippen LogP contribution in [0.4, 0.5) is 10.5 Å². The van der Waals surface area contributed by atoms with Crippen LogP contribution in [0, 0.1) is 0 Å². The number of hydrogen-bond donors (Lipinski definition) is 1. The second-order valence-corrected chi connectivity index (χ2v) is 10.5. The molecule has 1 fully saturated rings. The number of benzene rings is 2. The minimum atomic E-state index is -0.413. The van der Waals surface area contributed by atoms with E-state index in [0.29, 0.717) is 48.9 Å². The highest BCUT2D eigenvalue weighted by Gasteiger charge is 2.35.